The average molecular weight is 395 g/mol. The summed E-state index contributed by atoms with van der Waals surface area (Å²) in [5.74, 6) is 0.619. The first-order valence-electron chi connectivity index (χ1n) is 10.3. The van der Waals surface area contributed by atoms with Crippen molar-refractivity contribution >= 4 is 23.1 Å². The molecule has 3 rings (SSSR count). The monoisotopic (exact) mass is 394 g/mol. The number of amidine groups is 1. The largest absolute Gasteiger partial charge is 0.329 e. The predicted molar refractivity (Wildman–Crippen MR) is 125 cm³/mol. The van der Waals surface area contributed by atoms with Gasteiger partial charge in [-0.1, -0.05) is 76.2 Å². The van der Waals surface area contributed by atoms with Crippen molar-refractivity contribution in [3.63, 3.8) is 0 Å². The smallest absolute Gasteiger partial charge is 0.239 e. The maximum atomic E-state index is 11.6. The van der Waals surface area contributed by atoms with E-state index in [1.54, 1.807) is 7.05 Å². The van der Waals surface area contributed by atoms with Crippen LogP contribution in [0.3, 0.4) is 0 Å². The number of rotatable bonds is 2. The summed E-state index contributed by atoms with van der Waals surface area (Å²) in [6.45, 7) is 11.5. The van der Waals surface area contributed by atoms with Crippen LogP contribution < -0.4 is 4.90 Å². The number of para-hydroxylation sites is 1. The number of amides is 1. The first kappa shape index (κ1) is 24.1. The van der Waals surface area contributed by atoms with Crippen molar-refractivity contribution in [1.82, 2.24) is 5.01 Å². The molecule has 0 bridgehead atoms. The third-order valence-electron chi connectivity index (χ3n) is 4.32. The van der Waals surface area contributed by atoms with Crippen molar-refractivity contribution in [1.29, 1.82) is 0 Å². The average Bonchev–Trinajstić information content (AvgIpc) is 2.87. The maximum absolute atomic E-state index is 11.6. The number of likely N-dealkylation sites (N-methyl/N-ethyl adjacent to an activating group) is 1. The fourth-order valence-corrected chi connectivity index (χ4v) is 2.89. The molecule has 0 saturated carbocycles. The Hall–Kier alpha value is -2.95. The molecular weight excluding hydrogens is 360 g/mol. The molecule has 1 amide bonds. The van der Waals surface area contributed by atoms with Gasteiger partial charge in [0.1, 0.15) is 6.04 Å². The van der Waals surface area contributed by atoms with Crippen LogP contribution in [-0.4, -0.2) is 42.6 Å². The van der Waals surface area contributed by atoms with Gasteiger partial charge >= 0.3 is 0 Å². The summed E-state index contributed by atoms with van der Waals surface area (Å²) in [7, 11) is 3.63. The lowest BCUT2D eigenvalue weighted by Gasteiger charge is -2.24. The molecule has 0 radical (unpaired) electrons. The number of carbonyl (C=O) groups excluding carboxylic acids is 1. The lowest BCUT2D eigenvalue weighted by atomic mass is 10.0. The zero-order valence-corrected chi connectivity index (χ0v) is 19.0. The van der Waals surface area contributed by atoms with Gasteiger partial charge in [-0.25, -0.2) is 5.01 Å². The second-order valence-corrected chi connectivity index (χ2v) is 6.10. The molecule has 5 nitrogen and oxygen atoms in total. The van der Waals surface area contributed by atoms with E-state index in [1.807, 2.05) is 76.9 Å². The third-order valence-corrected chi connectivity index (χ3v) is 4.32. The lowest BCUT2D eigenvalue weighted by molar-refractivity contribution is -0.127. The Bertz CT molecular complexity index is 843. The molecule has 1 heterocycles. The predicted octanol–water partition coefficient (Wildman–Crippen LogP) is 5.21. The Morgan fingerprint density at radius 3 is 2.14 bits per heavy atom. The molecule has 1 unspecified atom stereocenters. The van der Waals surface area contributed by atoms with Crippen molar-refractivity contribution < 1.29 is 4.79 Å². The van der Waals surface area contributed by atoms with Crippen LogP contribution in [0.5, 0.6) is 0 Å². The molecule has 1 aliphatic rings. The van der Waals surface area contributed by atoms with Gasteiger partial charge < -0.3 is 4.90 Å². The number of carbonyl (C=O) groups is 1. The highest BCUT2D eigenvalue weighted by molar-refractivity contribution is 6.20. The van der Waals surface area contributed by atoms with Crippen LogP contribution in [0.2, 0.25) is 0 Å². The van der Waals surface area contributed by atoms with Crippen molar-refractivity contribution in [3.8, 4) is 0 Å². The Kier molecular flexibility index (Phi) is 9.80. The zero-order chi connectivity index (χ0) is 22.0. The minimum absolute atomic E-state index is 0.113. The van der Waals surface area contributed by atoms with E-state index in [-0.39, 0.29) is 11.9 Å². The molecule has 0 aromatic heterocycles. The molecule has 156 valence electrons. The first-order chi connectivity index (χ1) is 14.0. The van der Waals surface area contributed by atoms with Gasteiger partial charge in [0.25, 0.3) is 0 Å². The molecule has 1 aliphatic heterocycles. The summed E-state index contributed by atoms with van der Waals surface area (Å²) in [5, 5.41) is 5.86. The minimum Gasteiger partial charge on any atom is -0.329 e. The van der Waals surface area contributed by atoms with Gasteiger partial charge in [-0.2, -0.15) is 5.10 Å². The van der Waals surface area contributed by atoms with E-state index in [9.17, 15) is 4.79 Å². The van der Waals surface area contributed by atoms with Gasteiger partial charge in [-0.3, -0.25) is 9.79 Å². The number of hydrogen-bond acceptors (Lipinski definition) is 3. The van der Waals surface area contributed by atoms with Crippen LogP contribution >= 0.6 is 0 Å². The number of anilines is 1. The summed E-state index contributed by atoms with van der Waals surface area (Å²) in [6.07, 6.45) is 0. The Morgan fingerprint density at radius 2 is 1.55 bits per heavy atom. The van der Waals surface area contributed by atoms with E-state index in [1.165, 1.54) is 11.9 Å². The number of hydrazone groups is 1. The van der Waals surface area contributed by atoms with Crippen molar-refractivity contribution in [2.24, 2.45) is 10.1 Å². The van der Waals surface area contributed by atoms with Crippen molar-refractivity contribution in [2.45, 2.75) is 47.6 Å². The van der Waals surface area contributed by atoms with E-state index >= 15 is 0 Å². The summed E-state index contributed by atoms with van der Waals surface area (Å²) in [6, 6.07) is 18.1. The van der Waals surface area contributed by atoms with Crippen molar-refractivity contribution in [2.75, 3.05) is 19.0 Å². The van der Waals surface area contributed by atoms with Gasteiger partial charge in [-0.05, 0) is 13.0 Å². The topological polar surface area (TPSA) is 48.3 Å². The van der Waals surface area contributed by atoms with E-state index in [4.69, 9.17) is 4.99 Å². The quantitative estimate of drug-likeness (QED) is 0.657. The summed E-state index contributed by atoms with van der Waals surface area (Å²) < 4.78 is 0. The number of fused-ring (bicyclic) bond motifs is 1. The number of benzodiazepines with no additional fused rings is 1. The van der Waals surface area contributed by atoms with E-state index < -0.39 is 0 Å². The Morgan fingerprint density at radius 1 is 1.00 bits per heavy atom. The van der Waals surface area contributed by atoms with Crippen LogP contribution in [0, 0.1) is 0 Å². The molecule has 0 spiro atoms. The zero-order valence-electron chi connectivity index (χ0n) is 19.0. The molecule has 0 N–H and O–H groups in total. The van der Waals surface area contributed by atoms with Crippen LogP contribution in [0.25, 0.3) is 0 Å². The van der Waals surface area contributed by atoms with E-state index in [0.29, 0.717) is 0 Å². The first-order valence-corrected chi connectivity index (χ1v) is 10.3. The Labute approximate surface area is 175 Å². The van der Waals surface area contributed by atoms with Gasteiger partial charge in [0.05, 0.1) is 11.4 Å². The number of aliphatic imine (C=N–C) groups is 1. The molecule has 2 aromatic carbocycles. The molecule has 2 aromatic rings. The lowest BCUT2D eigenvalue weighted by Crippen LogP contribution is -2.36. The molecule has 0 saturated heterocycles. The van der Waals surface area contributed by atoms with Crippen molar-refractivity contribution in [3.05, 3.63) is 65.7 Å². The number of nitrogens with zero attached hydrogens (tertiary/aromatic N) is 4. The third kappa shape index (κ3) is 5.76. The molecule has 0 fully saturated rings. The second kappa shape index (κ2) is 11.8. The highest BCUT2D eigenvalue weighted by atomic mass is 16.2. The molecule has 1 atom stereocenters. The Balaban J connectivity index is 0.000000989. The van der Waals surface area contributed by atoms with Crippen LogP contribution in [0.4, 0.5) is 5.69 Å². The van der Waals surface area contributed by atoms with Crippen LogP contribution in [0.1, 0.15) is 52.7 Å². The fourth-order valence-electron chi connectivity index (χ4n) is 2.89. The van der Waals surface area contributed by atoms with Gasteiger partial charge in [0.15, 0.2) is 5.84 Å². The molecule has 5 heteroatoms. The minimum atomic E-state index is -0.186. The summed E-state index contributed by atoms with van der Waals surface area (Å²) in [5.41, 5.74) is 4.08. The maximum Gasteiger partial charge on any atom is 0.239 e. The number of hydrogen-bond donors (Lipinski definition) is 0. The number of benzene rings is 2. The summed E-state index contributed by atoms with van der Waals surface area (Å²) in [4.78, 5) is 18.6. The fraction of sp³-hybridized carbons (Fsp3) is 0.375. The second-order valence-electron chi connectivity index (χ2n) is 6.10. The normalized spacial score (nSPS) is 16.3. The highest BCUT2D eigenvalue weighted by Crippen LogP contribution is 2.28. The molecule has 29 heavy (non-hydrogen) atoms. The van der Waals surface area contributed by atoms with Crippen LogP contribution in [-0.2, 0) is 4.79 Å². The molecule has 0 aliphatic carbocycles. The highest BCUT2D eigenvalue weighted by Gasteiger charge is 2.26. The molecular formula is C24H34N4O. The standard InChI is InChI=1S/C20H22N4O.2C2H6/c1-14-20(22-24(4)15(2)25)23(3)18-13-9-8-12-17(18)19(21-14)16-10-6-5-7-11-16;2*1-2/h5-14H,1-4H3;2*1-2H3/b22-20+;;. The van der Waals surface area contributed by atoms with Gasteiger partial charge in [0, 0.05) is 32.1 Å². The summed E-state index contributed by atoms with van der Waals surface area (Å²) >= 11 is 0. The SMILES string of the molecule is CC.CC.CC(=O)N(C)/N=C1\C(C)N=C(c2ccccc2)c2ccccc2N1C. The van der Waals surface area contributed by atoms with E-state index in [2.05, 4.69) is 29.4 Å². The van der Waals surface area contributed by atoms with Crippen LogP contribution in [0.15, 0.2) is 64.7 Å². The van der Waals surface area contributed by atoms with E-state index in [0.717, 1.165) is 28.4 Å². The van der Waals surface area contributed by atoms with Gasteiger partial charge in [-0.15, -0.1) is 0 Å². The van der Waals surface area contributed by atoms with Gasteiger partial charge in [0.2, 0.25) is 5.91 Å².